The Morgan fingerprint density at radius 3 is 2.48 bits per heavy atom. The molecule has 7 heteroatoms. The van der Waals surface area contributed by atoms with Gasteiger partial charge in [-0.05, 0) is 31.9 Å². The molecule has 2 N–H and O–H groups in total. The van der Waals surface area contributed by atoms with Gasteiger partial charge in [0.25, 0.3) is 0 Å². The Morgan fingerprint density at radius 1 is 1.28 bits per heavy atom. The minimum atomic E-state index is -0.773. The summed E-state index contributed by atoms with van der Waals surface area (Å²) in [4.78, 5) is 6.43. The molecule has 25 heavy (non-hydrogen) atoms. The summed E-state index contributed by atoms with van der Waals surface area (Å²) in [6, 6.07) is 6.36. The fourth-order valence-electron chi connectivity index (χ4n) is 2.13. The summed E-state index contributed by atoms with van der Waals surface area (Å²) in [6.07, 6.45) is 1.32. The van der Waals surface area contributed by atoms with Crippen molar-refractivity contribution in [3.05, 3.63) is 30.1 Å². The highest BCUT2D eigenvalue weighted by Gasteiger charge is 2.22. The average molecular weight is 467 g/mol. The van der Waals surface area contributed by atoms with Crippen LogP contribution in [0.3, 0.4) is 0 Å². The number of nitrogens with zero attached hydrogens (tertiary/aromatic N) is 2. The topological polar surface area (TPSA) is 57.1 Å². The molecule has 0 spiro atoms. The van der Waals surface area contributed by atoms with Gasteiger partial charge in [0.15, 0.2) is 17.5 Å². The second kappa shape index (κ2) is 12.3. The monoisotopic (exact) mass is 467 g/mol. The van der Waals surface area contributed by atoms with Crippen LogP contribution < -0.4 is 10.1 Å². The van der Waals surface area contributed by atoms with E-state index in [9.17, 15) is 9.50 Å². The number of para-hydroxylation sites is 1. The van der Waals surface area contributed by atoms with E-state index in [2.05, 4.69) is 10.3 Å². The molecule has 0 saturated heterocycles. The molecule has 0 amide bonds. The number of hydrogen-bond acceptors (Lipinski definition) is 3. The fraction of sp³-hybridized carbons (Fsp3) is 0.611. The number of aliphatic imine (C=N–C) groups is 1. The van der Waals surface area contributed by atoms with Crippen molar-refractivity contribution in [3.8, 4) is 5.75 Å². The average Bonchev–Trinajstić information content (AvgIpc) is 2.59. The lowest BCUT2D eigenvalue weighted by Gasteiger charge is -2.26. The maximum Gasteiger partial charge on any atom is 0.193 e. The summed E-state index contributed by atoms with van der Waals surface area (Å²) in [5, 5.41) is 13.6. The number of halogens is 2. The van der Waals surface area contributed by atoms with E-state index in [0.717, 1.165) is 6.54 Å². The molecular formula is C18H31FIN3O2. The Labute approximate surface area is 167 Å². The minimum Gasteiger partial charge on any atom is -0.489 e. The van der Waals surface area contributed by atoms with E-state index in [0.29, 0.717) is 38.5 Å². The highest BCUT2D eigenvalue weighted by Crippen LogP contribution is 2.16. The summed E-state index contributed by atoms with van der Waals surface area (Å²) in [5.41, 5.74) is -0.773. The molecular weight excluding hydrogens is 436 g/mol. The number of aliphatic hydroxyl groups is 1. The number of ether oxygens (including phenoxy) is 1. The van der Waals surface area contributed by atoms with Gasteiger partial charge < -0.3 is 20.1 Å². The Balaban J connectivity index is 0.00000576. The zero-order valence-corrected chi connectivity index (χ0v) is 17.9. The van der Waals surface area contributed by atoms with E-state index in [1.54, 1.807) is 18.2 Å². The number of nitrogens with one attached hydrogen (secondary N) is 1. The predicted octanol–water partition coefficient (Wildman–Crippen LogP) is 3.27. The van der Waals surface area contributed by atoms with Crippen LogP contribution >= 0.6 is 24.0 Å². The lowest BCUT2D eigenvalue weighted by molar-refractivity contribution is 0.0416. The van der Waals surface area contributed by atoms with Crippen molar-refractivity contribution in [2.24, 2.45) is 4.99 Å². The van der Waals surface area contributed by atoms with Crippen LogP contribution in [0.25, 0.3) is 0 Å². The van der Waals surface area contributed by atoms with Gasteiger partial charge in [0, 0.05) is 13.6 Å². The largest absolute Gasteiger partial charge is 0.489 e. The van der Waals surface area contributed by atoms with Crippen LogP contribution in [0.5, 0.6) is 5.75 Å². The van der Waals surface area contributed by atoms with Crippen molar-refractivity contribution in [1.82, 2.24) is 10.2 Å². The van der Waals surface area contributed by atoms with Crippen LogP contribution in [-0.4, -0.2) is 54.9 Å². The molecule has 0 aliphatic rings. The molecule has 1 aromatic carbocycles. The van der Waals surface area contributed by atoms with E-state index in [1.165, 1.54) is 6.07 Å². The predicted molar refractivity (Wildman–Crippen MR) is 111 cm³/mol. The Kier molecular flexibility index (Phi) is 11.8. The van der Waals surface area contributed by atoms with Crippen molar-refractivity contribution < 1.29 is 14.2 Å². The number of likely N-dealkylation sites (N-methyl/N-ethyl adjacent to an activating group) is 1. The summed E-state index contributed by atoms with van der Waals surface area (Å²) in [6.45, 7) is 7.88. The third kappa shape index (κ3) is 8.22. The van der Waals surface area contributed by atoms with Gasteiger partial charge in [0.1, 0.15) is 6.61 Å². The zero-order chi connectivity index (χ0) is 18.0. The van der Waals surface area contributed by atoms with E-state index >= 15 is 0 Å². The van der Waals surface area contributed by atoms with E-state index in [4.69, 9.17) is 4.74 Å². The zero-order valence-electron chi connectivity index (χ0n) is 15.6. The molecule has 0 aliphatic heterocycles. The van der Waals surface area contributed by atoms with Gasteiger partial charge in [-0.25, -0.2) is 4.39 Å². The molecule has 144 valence electrons. The maximum atomic E-state index is 13.5. The molecule has 0 heterocycles. The maximum absolute atomic E-state index is 13.5. The van der Waals surface area contributed by atoms with Crippen LogP contribution in [0.15, 0.2) is 29.3 Å². The molecule has 0 aliphatic carbocycles. The molecule has 0 bridgehead atoms. The van der Waals surface area contributed by atoms with Gasteiger partial charge in [-0.1, -0.05) is 26.0 Å². The van der Waals surface area contributed by atoms with Crippen molar-refractivity contribution in [2.45, 2.75) is 39.2 Å². The van der Waals surface area contributed by atoms with E-state index < -0.39 is 5.60 Å². The molecule has 1 rings (SSSR count). The first-order valence-electron chi connectivity index (χ1n) is 8.55. The van der Waals surface area contributed by atoms with Crippen molar-refractivity contribution in [2.75, 3.05) is 33.3 Å². The van der Waals surface area contributed by atoms with Crippen molar-refractivity contribution in [1.29, 1.82) is 0 Å². The Bertz CT molecular complexity index is 525. The second-order valence-corrected chi connectivity index (χ2v) is 5.80. The van der Waals surface area contributed by atoms with Gasteiger partial charge in [-0.2, -0.15) is 0 Å². The van der Waals surface area contributed by atoms with Crippen molar-refractivity contribution >= 4 is 29.9 Å². The highest BCUT2D eigenvalue weighted by atomic mass is 127. The molecule has 1 aromatic rings. The van der Waals surface area contributed by atoms with Gasteiger partial charge in [-0.15, -0.1) is 24.0 Å². The Hall–Kier alpha value is -1.09. The summed E-state index contributed by atoms with van der Waals surface area (Å²) < 4.78 is 19.0. The smallest absolute Gasteiger partial charge is 0.193 e. The molecule has 0 atom stereocenters. The fourth-order valence-corrected chi connectivity index (χ4v) is 2.13. The van der Waals surface area contributed by atoms with Gasteiger partial charge in [-0.3, -0.25) is 4.99 Å². The van der Waals surface area contributed by atoms with Crippen LogP contribution in [-0.2, 0) is 0 Å². The summed E-state index contributed by atoms with van der Waals surface area (Å²) >= 11 is 0. The van der Waals surface area contributed by atoms with Crippen LogP contribution in [0.2, 0.25) is 0 Å². The minimum absolute atomic E-state index is 0. The number of guanidine groups is 1. The lowest BCUT2D eigenvalue weighted by atomic mass is 9.98. The van der Waals surface area contributed by atoms with Gasteiger partial charge in [0.2, 0.25) is 0 Å². The van der Waals surface area contributed by atoms with E-state index in [1.807, 2.05) is 32.7 Å². The third-order valence-corrected chi connectivity index (χ3v) is 4.06. The summed E-state index contributed by atoms with van der Waals surface area (Å²) in [5.74, 6) is 0.589. The lowest BCUT2D eigenvalue weighted by Crippen LogP contribution is -2.42. The summed E-state index contributed by atoms with van der Waals surface area (Å²) in [7, 11) is 1.89. The number of hydrogen-bond donors (Lipinski definition) is 2. The first-order valence-corrected chi connectivity index (χ1v) is 8.55. The molecule has 0 fully saturated rings. The molecule has 0 aromatic heterocycles. The highest BCUT2D eigenvalue weighted by molar-refractivity contribution is 14.0. The third-order valence-electron chi connectivity index (χ3n) is 4.06. The van der Waals surface area contributed by atoms with Crippen LogP contribution in [0, 0.1) is 5.82 Å². The SMILES string of the molecule is CCNC(=NCC(O)(CC)CC)N(C)CCOc1ccccc1F.I. The van der Waals surface area contributed by atoms with E-state index in [-0.39, 0.29) is 35.5 Å². The molecule has 5 nitrogen and oxygen atoms in total. The molecule has 0 unspecified atom stereocenters. The molecule has 0 saturated carbocycles. The first kappa shape index (κ1) is 23.9. The van der Waals surface area contributed by atoms with Crippen LogP contribution in [0.1, 0.15) is 33.6 Å². The van der Waals surface area contributed by atoms with Gasteiger partial charge >= 0.3 is 0 Å². The standard InChI is InChI=1S/C18H30FN3O2.HI/c1-5-18(23,6-2)14-21-17(20-7-3)22(4)12-13-24-16-11-9-8-10-15(16)19;/h8-11,23H,5-7,12-14H2,1-4H3,(H,20,21);1H. The first-order chi connectivity index (χ1) is 11.5. The van der Waals surface area contributed by atoms with Gasteiger partial charge in [0.05, 0.1) is 18.7 Å². The Morgan fingerprint density at radius 2 is 1.92 bits per heavy atom. The second-order valence-electron chi connectivity index (χ2n) is 5.80. The number of rotatable bonds is 9. The molecule has 0 radical (unpaired) electrons. The van der Waals surface area contributed by atoms with Crippen molar-refractivity contribution in [3.63, 3.8) is 0 Å². The van der Waals surface area contributed by atoms with Crippen LogP contribution in [0.4, 0.5) is 4.39 Å². The quantitative estimate of drug-likeness (QED) is 0.333. The number of benzene rings is 1. The normalized spacial score (nSPS) is 11.7.